The second-order valence-electron chi connectivity index (χ2n) is 9.30. The van der Waals surface area contributed by atoms with E-state index in [9.17, 15) is 9.59 Å². The van der Waals surface area contributed by atoms with Crippen LogP contribution in [0, 0.1) is 12.8 Å². The molecule has 2 atom stereocenters. The molecule has 0 bridgehead atoms. The van der Waals surface area contributed by atoms with Gasteiger partial charge in [-0.1, -0.05) is 66.6 Å². The molecule has 2 N–H and O–H groups in total. The minimum absolute atomic E-state index is 0. The number of ether oxygens (including phenoxy) is 1. The van der Waals surface area contributed by atoms with Crippen molar-refractivity contribution in [1.29, 1.82) is 0 Å². The Morgan fingerprint density at radius 1 is 1.03 bits per heavy atom. The number of carboxylic acids is 1. The number of benzene rings is 2. The zero-order chi connectivity index (χ0) is 24.2. The molecule has 2 aromatic carbocycles. The Labute approximate surface area is 225 Å². The first-order chi connectivity index (χ1) is 16.5. The number of carbonyl (C=O) groups is 2. The van der Waals surface area contributed by atoms with Crippen LogP contribution in [0.5, 0.6) is 0 Å². The number of nitrogens with one attached hydrogen (secondary N) is 1. The zero-order valence-electron chi connectivity index (χ0n) is 20.2. The Morgan fingerprint density at radius 3 is 2.46 bits per heavy atom. The van der Waals surface area contributed by atoms with E-state index in [4.69, 9.17) is 9.84 Å². The average Bonchev–Trinajstić information content (AvgIpc) is 2.83. The van der Waals surface area contributed by atoms with E-state index >= 15 is 0 Å². The number of carbonyl (C=O) groups excluding carboxylic acids is 1. The molecule has 1 heterocycles. The largest absolute Gasteiger partial charge is 0.480 e. The van der Waals surface area contributed by atoms with Crippen LogP contribution in [0.3, 0.4) is 0 Å². The van der Waals surface area contributed by atoms with Gasteiger partial charge in [0.25, 0.3) is 0 Å². The molecule has 7 heteroatoms. The number of hydrogen-bond acceptors (Lipinski definition) is 4. The summed E-state index contributed by atoms with van der Waals surface area (Å²) in [6, 6.07) is 20.0. The third-order valence-corrected chi connectivity index (χ3v) is 6.54. The monoisotopic (exact) mass is 492 g/mol. The lowest BCUT2D eigenvalue weighted by Gasteiger charge is -2.37. The van der Waals surface area contributed by atoms with Crippen LogP contribution < -0.4 is 5.32 Å². The highest BCUT2D eigenvalue weighted by molar-refractivity contribution is 5.77. The first-order valence-electron chi connectivity index (χ1n) is 12.4. The highest BCUT2D eigenvalue weighted by Crippen LogP contribution is 2.37. The summed E-state index contributed by atoms with van der Waals surface area (Å²) in [5, 5.41) is 11.3. The summed E-state index contributed by atoms with van der Waals surface area (Å²) in [5.74, 6) is -0.308. The van der Waals surface area contributed by atoms with Crippen molar-refractivity contribution < 1.29 is 19.4 Å². The molecular formula is C28H40MgN2O4. The van der Waals surface area contributed by atoms with Crippen LogP contribution in [0.25, 0.3) is 0 Å². The molecule has 6 nitrogen and oxygen atoms in total. The Kier molecular flexibility index (Phi) is 13.3. The minimum atomic E-state index is -1.07. The van der Waals surface area contributed by atoms with Gasteiger partial charge in [0.05, 0.1) is 0 Å². The van der Waals surface area contributed by atoms with E-state index in [2.05, 4.69) is 71.7 Å². The maximum Gasteiger partial charge on any atom is 0.329 e. The zero-order valence-corrected chi connectivity index (χ0v) is 20.2. The summed E-state index contributed by atoms with van der Waals surface area (Å²) >= 11 is 0. The quantitative estimate of drug-likeness (QED) is 0.331. The number of amides is 1. The van der Waals surface area contributed by atoms with Gasteiger partial charge in [0.15, 0.2) is 0 Å². The molecule has 1 aliphatic heterocycles. The predicted molar refractivity (Wildman–Crippen MR) is 142 cm³/mol. The smallest absolute Gasteiger partial charge is 0.329 e. The Balaban J connectivity index is 0.00000432. The van der Waals surface area contributed by atoms with Gasteiger partial charge < -0.3 is 20.1 Å². The van der Waals surface area contributed by atoms with Crippen molar-refractivity contribution in [2.45, 2.75) is 44.9 Å². The molecule has 188 valence electrons. The van der Waals surface area contributed by atoms with Crippen LogP contribution in [0.15, 0.2) is 54.6 Å². The van der Waals surface area contributed by atoms with Crippen molar-refractivity contribution in [3.63, 3.8) is 0 Å². The van der Waals surface area contributed by atoms with Gasteiger partial charge in [-0.15, -0.1) is 0 Å². The molecule has 0 saturated carbocycles. The van der Waals surface area contributed by atoms with E-state index in [0.717, 1.165) is 38.9 Å². The first-order valence-corrected chi connectivity index (χ1v) is 12.4. The number of aryl methyl sites for hydroxylation is 1. The van der Waals surface area contributed by atoms with Crippen LogP contribution in [-0.2, 0) is 14.3 Å². The third kappa shape index (κ3) is 10.3. The standard InChI is InChI=1S/C28H38N2O4.Mg.2H/c1-22-12-14-24(15-13-22)28(23-9-4-2-5-10-23)25-11-8-18-30(19-25)17-7-3-6-16-29-26(31)20-34-21-27(32)33;;;/h2,4-5,9-10,12-15,25,28H,3,6-8,11,16-21H2,1H3,(H,29,31)(H,32,33);;;. The predicted octanol–water partition coefficient (Wildman–Crippen LogP) is 3.31. The van der Waals surface area contributed by atoms with Gasteiger partial charge in [-0.3, -0.25) is 4.79 Å². The second kappa shape index (κ2) is 15.9. The van der Waals surface area contributed by atoms with Gasteiger partial charge in [-0.25, -0.2) is 4.79 Å². The lowest BCUT2D eigenvalue weighted by molar-refractivity contribution is -0.143. The van der Waals surface area contributed by atoms with Crippen LogP contribution >= 0.6 is 0 Å². The fourth-order valence-corrected chi connectivity index (χ4v) is 4.88. The number of aliphatic carboxylic acids is 1. The third-order valence-electron chi connectivity index (χ3n) is 6.54. The molecule has 35 heavy (non-hydrogen) atoms. The highest BCUT2D eigenvalue weighted by Gasteiger charge is 2.29. The maximum atomic E-state index is 11.6. The van der Waals surface area contributed by atoms with E-state index in [1.165, 1.54) is 29.5 Å². The molecule has 0 aliphatic carbocycles. The Morgan fingerprint density at radius 2 is 1.74 bits per heavy atom. The van der Waals surface area contributed by atoms with Gasteiger partial charge in [0, 0.05) is 19.0 Å². The molecule has 1 amide bonds. The molecule has 1 fully saturated rings. The summed E-state index contributed by atoms with van der Waals surface area (Å²) in [4.78, 5) is 24.6. The fourth-order valence-electron chi connectivity index (χ4n) is 4.88. The molecular weight excluding hydrogens is 453 g/mol. The average molecular weight is 493 g/mol. The summed E-state index contributed by atoms with van der Waals surface area (Å²) < 4.78 is 4.80. The van der Waals surface area contributed by atoms with Gasteiger partial charge >= 0.3 is 29.0 Å². The molecule has 2 unspecified atom stereocenters. The number of hydrogen-bond donors (Lipinski definition) is 2. The summed E-state index contributed by atoms with van der Waals surface area (Å²) in [6.45, 7) is 5.45. The molecule has 3 rings (SSSR count). The SMILES string of the molecule is Cc1ccc(C(c2ccccc2)C2CCCN(CCCCCNC(=O)COCC(=O)O)C2)cc1.[MgH2]. The van der Waals surface area contributed by atoms with Crippen LogP contribution in [0.4, 0.5) is 0 Å². The number of carboxylic acid groups (broad SMARTS) is 1. The van der Waals surface area contributed by atoms with Crippen molar-refractivity contribution in [3.8, 4) is 0 Å². The number of rotatable bonds is 13. The molecule has 0 aromatic heterocycles. The van der Waals surface area contributed by atoms with Gasteiger partial charge in [0.2, 0.25) is 5.91 Å². The van der Waals surface area contributed by atoms with E-state index < -0.39 is 12.6 Å². The Bertz CT molecular complexity index is 892. The minimum Gasteiger partial charge on any atom is -0.480 e. The Hall–Kier alpha value is -1.93. The van der Waals surface area contributed by atoms with Crippen molar-refractivity contribution >= 4 is 34.9 Å². The molecule has 0 spiro atoms. The normalized spacial score (nSPS) is 16.8. The molecule has 1 aliphatic rings. The van der Waals surface area contributed by atoms with E-state index in [1.807, 2.05) is 0 Å². The van der Waals surface area contributed by atoms with Crippen molar-refractivity contribution in [1.82, 2.24) is 10.2 Å². The summed E-state index contributed by atoms with van der Waals surface area (Å²) in [6.07, 6.45) is 5.56. The van der Waals surface area contributed by atoms with E-state index in [1.54, 1.807) is 0 Å². The molecule has 1 saturated heterocycles. The fraction of sp³-hybridized carbons (Fsp3) is 0.500. The van der Waals surface area contributed by atoms with Crippen LogP contribution in [0.2, 0.25) is 0 Å². The lowest BCUT2D eigenvalue weighted by atomic mass is 9.77. The first kappa shape index (κ1) is 29.3. The maximum absolute atomic E-state index is 11.6. The van der Waals surface area contributed by atoms with Crippen molar-refractivity contribution in [2.75, 3.05) is 39.4 Å². The van der Waals surface area contributed by atoms with Gasteiger partial charge in [0.1, 0.15) is 13.2 Å². The van der Waals surface area contributed by atoms with Crippen LogP contribution in [-0.4, -0.2) is 84.3 Å². The topological polar surface area (TPSA) is 78.9 Å². The van der Waals surface area contributed by atoms with E-state index in [-0.39, 0.29) is 35.6 Å². The second-order valence-corrected chi connectivity index (χ2v) is 9.30. The number of unbranched alkanes of at least 4 members (excludes halogenated alkanes) is 2. The van der Waals surface area contributed by atoms with Crippen LogP contribution in [0.1, 0.15) is 54.7 Å². The number of nitrogens with zero attached hydrogens (tertiary/aromatic N) is 1. The lowest BCUT2D eigenvalue weighted by Crippen LogP contribution is -2.38. The van der Waals surface area contributed by atoms with E-state index in [0.29, 0.717) is 18.4 Å². The molecule has 0 radical (unpaired) electrons. The van der Waals surface area contributed by atoms with Gasteiger partial charge in [-0.2, -0.15) is 0 Å². The van der Waals surface area contributed by atoms with Gasteiger partial charge in [-0.05, 0) is 62.7 Å². The number of piperidine rings is 1. The molecule has 2 aromatic rings. The van der Waals surface area contributed by atoms with Crippen molar-refractivity contribution in [3.05, 3.63) is 71.3 Å². The highest BCUT2D eigenvalue weighted by atomic mass is 24.3. The summed E-state index contributed by atoms with van der Waals surface area (Å²) in [5.41, 5.74) is 4.11. The summed E-state index contributed by atoms with van der Waals surface area (Å²) in [7, 11) is 0. The number of likely N-dealkylation sites (tertiary alicyclic amines) is 1. The van der Waals surface area contributed by atoms with Crippen molar-refractivity contribution in [2.24, 2.45) is 5.92 Å².